The third-order valence-corrected chi connectivity index (χ3v) is 11.1. The van der Waals surface area contributed by atoms with Crippen LogP contribution < -0.4 is 20.7 Å². The molecule has 1 amide bonds. The van der Waals surface area contributed by atoms with Gasteiger partial charge in [0, 0.05) is 50.5 Å². The summed E-state index contributed by atoms with van der Waals surface area (Å²) in [5.41, 5.74) is 4.80. The average Bonchev–Trinajstić information content (AvgIpc) is 3.60. The summed E-state index contributed by atoms with van der Waals surface area (Å²) in [6, 6.07) is 6.59. The lowest BCUT2D eigenvalue weighted by Gasteiger charge is -2.44. The van der Waals surface area contributed by atoms with E-state index in [-0.39, 0.29) is 29.1 Å². The summed E-state index contributed by atoms with van der Waals surface area (Å²) in [5.74, 6) is 1.22. The van der Waals surface area contributed by atoms with Crippen LogP contribution in [0.5, 0.6) is 0 Å². The minimum atomic E-state index is -0.636. The lowest BCUT2D eigenvalue weighted by molar-refractivity contribution is -0.0368. The number of pyridine rings is 1. The molecule has 3 aliphatic heterocycles. The highest BCUT2D eigenvalue weighted by Gasteiger charge is 2.49. The van der Waals surface area contributed by atoms with Crippen LogP contribution in [-0.4, -0.2) is 62.3 Å². The first kappa shape index (κ1) is 33.6. The van der Waals surface area contributed by atoms with Crippen LogP contribution in [0, 0.1) is 18.2 Å². The molecule has 13 heteroatoms. The van der Waals surface area contributed by atoms with Gasteiger partial charge < -0.3 is 29.2 Å². The number of aromatic nitrogens is 5. The number of carbonyl (C=O) groups excluding carboxylic acids is 1. The standard InChI is InChI=1S/C38H47FN8O4/c1-23-32(45-18-14-38(15-19-45)22-24-21-25(39)11-12-26(24)31(38)41-36(49)51-37(2,3)4)42-33-30(40-23)34(43-47(33)29-10-6-7-20-50-29)46-16-8-9-27-28(46)13-17-44(5)35(27)48/h11-13,17,21,29,31H,6-10,14-16,18-20,22H2,1-5H3,(H,41,49)/t29?,31-/m1/s1. The Morgan fingerprint density at radius 1 is 1.08 bits per heavy atom. The number of benzene rings is 1. The monoisotopic (exact) mass is 698 g/mol. The Labute approximate surface area is 296 Å². The van der Waals surface area contributed by atoms with E-state index < -0.39 is 11.7 Å². The number of anilines is 3. The van der Waals surface area contributed by atoms with E-state index in [2.05, 4.69) is 15.1 Å². The molecule has 12 nitrogen and oxygen atoms in total. The van der Waals surface area contributed by atoms with Crippen molar-refractivity contribution in [3.05, 3.63) is 69.0 Å². The molecule has 4 aliphatic rings. The average molecular weight is 699 g/mol. The number of carbonyl (C=O) groups is 1. The van der Waals surface area contributed by atoms with E-state index in [4.69, 9.17) is 24.5 Å². The van der Waals surface area contributed by atoms with Crippen molar-refractivity contribution in [2.45, 2.75) is 96.9 Å². The number of rotatable bonds is 4. The predicted octanol–water partition coefficient (Wildman–Crippen LogP) is 6.16. The quantitative estimate of drug-likeness (QED) is 0.267. The van der Waals surface area contributed by atoms with E-state index in [1.165, 1.54) is 6.07 Å². The van der Waals surface area contributed by atoms with Gasteiger partial charge in [-0.25, -0.2) is 23.8 Å². The summed E-state index contributed by atoms with van der Waals surface area (Å²) < 4.78 is 29.9. The van der Waals surface area contributed by atoms with Gasteiger partial charge in [0.2, 0.25) is 0 Å². The number of aryl methyl sites for hydroxylation is 2. The number of piperidine rings is 1. The topological polar surface area (TPSA) is 120 Å². The van der Waals surface area contributed by atoms with Gasteiger partial charge in [0.25, 0.3) is 5.56 Å². The minimum Gasteiger partial charge on any atom is -0.444 e. The molecular weight excluding hydrogens is 651 g/mol. The van der Waals surface area contributed by atoms with E-state index >= 15 is 0 Å². The first-order valence-corrected chi connectivity index (χ1v) is 18.3. The second-order valence-corrected chi connectivity index (χ2v) is 15.7. The molecule has 1 unspecified atom stereocenters. The van der Waals surface area contributed by atoms with Crippen molar-refractivity contribution < 1.29 is 18.7 Å². The molecule has 270 valence electrons. The molecule has 2 fully saturated rings. The summed E-state index contributed by atoms with van der Waals surface area (Å²) in [5, 5.41) is 8.32. The lowest BCUT2D eigenvalue weighted by Crippen LogP contribution is -2.48. The number of hydrogen-bond acceptors (Lipinski definition) is 9. The van der Waals surface area contributed by atoms with Crippen LogP contribution in [0.15, 0.2) is 35.3 Å². The van der Waals surface area contributed by atoms with Crippen LogP contribution >= 0.6 is 0 Å². The fraction of sp³-hybridized carbons (Fsp3) is 0.553. The van der Waals surface area contributed by atoms with E-state index in [1.807, 2.05) is 50.7 Å². The number of fused-ring (bicyclic) bond motifs is 3. The molecular formula is C38H47FN8O4. The fourth-order valence-electron chi connectivity index (χ4n) is 8.63. The molecule has 3 aromatic heterocycles. The van der Waals surface area contributed by atoms with Crippen LogP contribution in [-0.2, 0) is 29.4 Å². The maximum absolute atomic E-state index is 14.4. The second-order valence-electron chi connectivity index (χ2n) is 15.7. The van der Waals surface area contributed by atoms with Gasteiger partial charge in [-0.1, -0.05) is 6.07 Å². The fourth-order valence-corrected chi connectivity index (χ4v) is 8.63. The molecule has 1 aromatic carbocycles. The maximum Gasteiger partial charge on any atom is 0.408 e. The van der Waals surface area contributed by atoms with Gasteiger partial charge in [0.05, 0.1) is 17.4 Å². The molecule has 8 rings (SSSR count). The van der Waals surface area contributed by atoms with Crippen molar-refractivity contribution in [2.75, 3.05) is 36.0 Å². The summed E-state index contributed by atoms with van der Waals surface area (Å²) in [6.07, 6.45) is 7.73. The Hall–Kier alpha value is -4.52. The second kappa shape index (κ2) is 12.6. The van der Waals surface area contributed by atoms with Crippen LogP contribution in [0.4, 0.5) is 26.5 Å². The summed E-state index contributed by atoms with van der Waals surface area (Å²) in [4.78, 5) is 41.1. The zero-order valence-electron chi connectivity index (χ0n) is 30.2. The molecule has 4 aromatic rings. The molecule has 2 atom stereocenters. The van der Waals surface area contributed by atoms with Crippen molar-refractivity contribution >= 4 is 34.6 Å². The lowest BCUT2D eigenvalue weighted by atomic mass is 9.72. The highest BCUT2D eigenvalue weighted by Crippen LogP contribution is 2.53. The Kier molecular flexibility index (Phi) is 8.31. The van der Waals surface area contributed by atoms with Crippen molar-refractivity contribution in [1.29, 1.82) is 0 Å². The summed E-state index contributed by atoms with van der Waals surface area (Å²) in [6.45, 7) is 10.3. The van der Waals surface area contributed by atoms with E-state index in [0.717, 1.165) is 85.4 Å². The van der Waals surface area contributed by atoms with Crippen LogP contribution in [0.3, 0.4) is 0 Å². The smallest absolute Gasteiger partial charge is 0.408 e. The van der Waals surface area contributed by atoms with Crippen molar-refractivity contribution in [3.8, 4) is 0 Å². The van der Waals surface area contributed by atoms with Crippen molar-refractivity contribution in [3.63, 3.8) is 0 Å². The normalized spacial score (nSPS) is 21.5. The van der Waals surface area contributed by atoms with Gasteiger partial charge in [0.15, 0.2) is 29.0 Å². The van der Waals surface area contributed by atoms with E-state index in [1.54, 1.807) is 17.7 Å². The molecule has 51 heavy (non-hydrogen) atoms. The number of halogens is 1. The molecule has 0 radical (unpaired) electrons. The number of nitrogens with one attached hydrogen (secondary N) is 1. The zero-order valence-corrected chi connectivity index (χ0v) is 30.2. The first-order valence-electron chi connectivity index (χ1n) is 18.3. The van der Waals surface area contributed by atoms with Crippen LogP contribution in [0.2, 0.25) is 0 Å². The van der Waals surface area contributed by atoms with Gasteiger partial charge in [-0.15, -0.1) is 5.10 Å². The van der Waals surface area contributed by atoms with Crippen molar-refractivity contribution in [2.24, 2.45) is 12.5 Å². The number of nitrogens with zero attached hydrogens (tertiary/aromatic N) is 7. The van der Waals surface area contributed by atoms with Crippen LogP contribution in [0.1, 0.15) is 94.0 Å². The third-order valence-electron chi connectivity index (χ3n) is 11.1. The first-order chi connectivity index (χ1) is 24.4. The van der Waals surface area contributed by atoms with Crippen molar-refractivity contribution in [1.82, 2.24) is 29.6 Å². The third kappa shape index (κ3) is 6.02. The Balaban J connectivity index is 1.13. The van der Waals surface area contributed by atoms with Gasteiger partial charge >= 0.3 is 6.09 Å². The van der Waals surface area contributed by atoms with Gasteiger partial charge in [-0.05, 0) is 108 Å². The number of amides is 1. The minimum absolute atomic E-state index is 0.0167. The van der Waals surface area contributed by atoms with Gasteiger partial charge in [-0.2, -0.15) is 0 Å². The highest BCUT2D eigenvalue weighted by atomic mass is 19.1. The molecule has 1 aliphatic carbocycles. The Morgan fingerprint density at radius 2 is 1.88 bits per heavy atom. The summed E-state index contributed by atoms with van der Waals surface area (Å²) in [7, 11) is 1.79. The Morgan fingerprint density at radius 3 is 2.63 bits per heavy atom. The molecule has 1 N–H and O–H groups in total. The van der Waals surface area contributed by atoms with Gasteiger partial charge in [-0.3, -0.25) is 4.79 Å². The molecule has 6 heterocycles. The maximum atomic E-state index is 14.4. The highest BCUT2D eigenvalue weighted by molar-refractivity contribution is 5.89. The molecule has 0 bridgehead atoms. The molecule has 2 saturated heterocycles. The van der Waals surface area contributed by atoms with E-state index in [0.29, 0.717) is 43.1 Å². The number of ether oxygens (including phenoxy) is 2. The largest absolute Gasteiger partial charge is 0.444 e. The molecule has 1 spiro atoms. The SMILES string of the molecule is Cc1nc2c(N3CCCc4c3ccn(C)c4=O)nn(C3CCCCO3)c2nc1N1CCC2(CC1)Cc1cc(F)ccc1[C@H]2NC(=O)OC(C)(C)C. The Bertz CT molecular complexity index is 2060. The number of alkyl carbamates (subject to hydrolysis) is 1. The zero-order chi connectivity index (χ0) is 35.7. The van der Waals surface area contributed by atoms with E-state index in [9.17, 15) is 14.0 Å². The number of hydrogen-bond donors (Lipinski definition) is 1. The van der Waals surface area contributed by atoms with Crippen LogP contribution in [0.25, 0.3) is 11.2 Å². The van der Waals surface area contributed by atoms with Gasteiger partial charge in [0.1, 0.15) is 11.4 Å². The molecule has 0 saturated carbocycles. The summed E-state index contributed by atoms with van der Waals surface area (Å²) >= 11 is 0. The predicted molar refractivity (Wildman–Crippen MR) is 192 cm³/mol.